The number of likely N-dealkylation sites (N-methyl/N-ethyl adjacent to an activating group) is 1. The van der Waals surface area contributed by atoms with E-state index in [0.29, 0.717) is 0 Å². The van der Waals surface area contributed by atoms with Gasteiger partial charge in [-0.25, -0.2) is 8.78 Å². The van der Waals surface area contributed by atoms with Crippen molar-refractivity contribution in [1.29, 1.82) is 0 Å². The van der Waals surface area contributed by atoms with Crippen molar-refractivity contribution in [1.82, 2.24) is 4.90 Å². The number of benzene rings is 2. The zero-order valence-electron chi connectivity index (χ0n) is 12.1. The van der Waals surface area contributed by atoms with Crippen molar-refractivity contribution in [3.8, 4) is 5.75 Å². The fourth-order valence-electron chi connectivity index (χ4n) is 2.96. The minimum Gasteiger partial charge on any atom is -0.497 e. The molecule has 4 heteroatoms. The van der Waals surface area contributed by atoms with Gasteiger partial charge in [0.15, 0.2) is 11.6 Å². The minimum atomic E-state index is -0.817. The Balaban J connectivity index is 2.11. The van der Waals surface area contributed by atoms with Gasteiger partial charge in [-0.1, -0.05) is 12.1 Å². The molecule has 0 spiro atoms. The monoisotopic (exact) mass is 289 g/mol. The lowest BCUT2D eigenvalue weighted by atomic mass is 9.88. The smallest absolute Gasteiger partial charge is 0.159 e. The Bertz CT molecular complexity index is 672. The van der Waals surface area contributed by atoms with Crippen LogP contribution in [0.1, 0.15) is 22.7 Å². The third kappa shape index (κ3) is 2.51. The predicted molar refractivity (Wildman–Crippen MR) is 77.5 cm³/mol. The normalized spacial score (nSPS) is 18.4. The maximum Gasteiger partial charge on any atom is 0.159 e. The number of hydrogen-bond acceptors (Lipinski definition) is 2. The maximum atomic E-state index is 13.6. The highest BCUT2D eigenvalue weighted by Crippen LogP contribution is 2.36. The van der Waals surface area contributed by atoms with Gasteiger partial charge in [0, 0.05) is 6.54 Å². The highest BCUT2D eigenvalue weighted by Gasteiger charge is 2.27. The first kappa shape index (κ1) is 14.0. The Kier molecular flexibility index (Phi) is 3.64. The van der Waals surface area contributed by atoms with E-state index in [1.165, 1.54) is 17.7 Å². The first-order valence-electron chi connectivity index (χ1n) is 6.92. The Labute approximate surface area is 123 Å². The third-order valence-electron chi connectivity index (χ3n) is 4.08. The van der Waals surface area contributed by atoms with Crippen molar-refractivity contribution in [2.45, 2.75) is 12.5 Å². The Morgan fingerprint density at radius 3 is 2.62 bits per heavy atom. The van der Waals surface area contributed by atoms with Crippen LogP contribution >= 0.6 is 0 Å². The number of ether oxygens (including phenoxy) is 1. The second-order valence-corrected chi connectivity index (χ2v) is 5.37. The van der Waals surface area contributed by atoms with Gasteiger partial charge < -0.3 is 4.74 Å². The van der Waals surface area contributed by atoms with Crippen LogP contribution in [-0.2, 0) is 6.42 Å². The lowest BCUT2D eigenvalue weighted by Crippen LogP contribution is -2.32. The molecule has 0 amide bonds. The van der Waals surface area contributed by atoms with Crippen molar-refractivity contribution in [2.75, 3.05) is 20.7 Å². The van der Waals surface area contributed by atoms with Gasteiger partial charge in [-0.05, 0) is 54.4 Å². The van der Waals surface area contributed by atoms with Crippen LogP contribution in [0.25, 0.3) is 0 Å². The number of methoxy groups -OCH3 is 1. The fraction of sp³-hybridized carbons (Fsp3) is 0.294. The van der Waals surface area contributed by atoms with E-state index in [0.717, 1.165) is 29.8 Å². The van der Waals surface area contributed by atoms with Crippen LogP contribution < -0.4 is 4.74 Å². The molecule has 0 saturated carbocycles. The fourth-order valence-corrected chi connectivity index (χ4v) is 2.96. The highest BCUT2D eigenvalue weighted by molar-refractivity contribution is 5.44. The van der Waals surface area contributed by atoms with Crippen LogP contribution in [-0.4, -0.2) is 25.6 Å². The molecule has 21 heavy (non-hydrogen) atoms. The summed E-state index contributed by atoms with van der Waals surface area (Å²) in [6.07, 6.45) is 0.940. The first-order chi connectivity index (χ1) is 10.1. The van der Waals surface area contributed by atoms with Crippen LogP contribution in [0, 0.1) is 11.6 Å². The van der Waals surface area contributed by atoms with Crippen LogP contribution in [0.15, 0.2) is 36.4 Å². The summed E-state index contributed by atoms with van der Waals surface area (Å²) in [5.41, 5.74) is 3.07. The molecular weight excluding hydrogens is 272 g/mol. The SMILES string of the molecule is COc1ccc2c(c1)C(c1ccc(F)c(F)c1)N(C)CC2. The van der Waals surface area contributed by atoms with Gasteiger partial charge in [0.2, 0.25) is 0 Å². The summed E-state index contributed by atoms with van der Waals surface area (Å²) in [5, 5.41) is 0. The first-order valence-corrected chi connectivity index (χ1v) is 6.92. The lowest BCUT2D eigenvalue weighted by Gasteiger charge is -2.35. The summed E-state index contributed by atoms with van der Waals surface area (Å²) >= 11 is 0. The van der Waals surface area contributed by atoms with Crippen molar-refractivity contribution in [3.63, 3.8) is 0 Å². The van der Waals surface area contributed by atoms with E-state index in [1.807, 2.05) is 25.2 Å². The summed E-state index contributed by atoms with van der Waals surface area (Å²) < 4.78 is 32.0. The topological polar surface area (TPSA) is 12.5 Å². The molecule has 3 rings (SSSR count). The molecular formula is C17H17F2NO. The Morgan fingerprint density at radius 2 is 1.90 bits per heavy atom. The van der Waals surface area contributed by atoms with Crippen LogP contribution in [0.2, 0.25) is 0 Å². The van der Waals surface area contributed by atoms with Gasteiger partial charge >= 0.3 is 0 Å². The van der Waals surface area contributed by atoms with E-state index in [4.69, 9.17) is 4.74 Å². The number of nitrogens with zero attached hydrogens (tertiary/aromatic N) is 1. The minimum absolute atomic E-state index is 0.0843. The van der Waals surface area contributed by atoms with Crippen molar-refractivity contribution >= 4 is 0 Å². The molecule has 0 saturated heterocycles. The zero-order chi connectivity index (χ0) is 15.0. The van der Waals surface area contributed by atoms with Crippen LogP contribution in [0.3, 0.4) is 0 Å². The number of fused-ring (bicyclic) bond motifs is 1. The molecule has 0 radical (unpaired) electrons. The molecule has 1 atom stereocenters. The number of halogens is 2. The van der Waals surface area contributed by atoms with Gasteiger partial charge in [-0.2, -0.15) is 0 Å². The van der Waals surface area contributed by atoms with Crippen molar-refractivity contribution in [2.24, 2.45) is 0 Å². The predicted octanol–water partition coefficient (Wildman–Crippen LogP) is 3.55. The van der Waals surface area contributed by atoms with Crippen molar-refractivity contribution < 1.29 is 13.5 Å². The molecule has 110 valence electrons. The average molecular weight is 289 g/mol. The van der Waals surface area contributed by atoms with E-state index in [1.54, 1.807) is 13.2 Å². The molecule has 0 N–H and O–H groups in total. The molecule has 2 nitrogen and oxygen atoms in total. The van der Waals surface area contributed by atoms with Gasteiger partial charge in [-0.15, -0.1) is 0 Å². The standard InChI is InChI=1S/C17H17F2NO/c1-20-8-7-11-3-5-13(21-2)10-14(11)17(20)12-4-6-15(18)16(19)9-12/h3-6,9-10,17H,7-8H2,1-2H3. The summed E-state index contributed by atoms with van der Waals surface area (Å²) in [5.74, 6) is -0.851. The molecule has 0 bridgehead atoms. The second kappa shape index (κ2) is 5.45. The molecule has 1 aliphatic rings. The van der Waals surface area contributed by atoms with Gasteiger partial charge in [0.1, 0.15) is 5.75 Å². The number of rotatable bonds is 2. The lowest BCUT2D eigenvalue weighted by molar-refractivity contribution is 0.263. The van der Waals surface area contributed by atoms with E-state index < -0.39 is 11.6 Å². The summed E-state index contributed by atoms with van der Waals surface area (Å²) in [4.78, 5) is 2.15. The molecule has 1 heterocycles. The largest absolute Gasteiger partial charge is 0.497 e. The summed E-state index contributed by atoms with van der Waals surface area (Å²) in [7, 11) is 3.62. The van der Waals surface area contributed by atoms with Crippen LogP contribution in [0.5, 0.6) is 5.75 Å². The molecule has 0 fully saturated rings. The summed E-state index contributed by atoms with van der Waals surface area (Å²) in [6.45, 7) is 0.878. The Morgan fingerprint density at radius 1 is 1.10 bits per heavy atom. The van der Waals surface area contributed by atoms with Crippen LogP contribution in [0.4, 0.5) is 8.78 Å². The van der Waals surface area contributed by atoms with E-state index in [2.05, 4.69) is 4.90 Å². The molecule has 1 unspecified atom stereocenters. The molecule has 2 aromatic rings. The zero-order valence-corrected chi connectivity index (χ0v) is 12.1. The van der Waals surface area contributed by atoms with E-state index in [-0.39, 0.29) is 6.04 Å². The molecule has 2 aromatic carbocycles. The Hall–Kier alpha value is -1.94. The van der Waals surface area contributed by atoms with E-state index in [9.17, 15) is 8.78 Å². The van der Waals surface area contributed by atoms with E-state index >= 15 is 0 Å². The average Bonchev–Trinajstić information content (AvgIpc) is 2.49. The molecule has 0 aliphatic carbocycles. The van der Waals surface area contributed by atoms with Gasteiger partial charge in [0.05, 0.1) is 13.2 Å². The highest BCUT2D eigenvalue weighted by atomic mass is 19.2. The molecule has 1 aliphatic heterocycles. The second-order valence-electron chi connectivity index (χ2n) is 5.37. The maximum absolute atomic E-state index is 13.6. The van der Waals surface area contributed by atoms with Gasteiger partial charge in [0.25, 0.3) is 0 Å². The molecule has 0 aromatic heterocycles. The number of hydrogen-bond donors (Lipinski definition) is 0. The quantitative estimate of drug-likeness (QED) is 0.838. The third-order valence-corrected chi connectivity index (χ3v) is 4.08. The van der Waals surface area contributed by atoms with Crippen molar-refractivity contribution in [3.05, 3.63) is 64.7 Å². The van der Waals surface area contributed by atoms with Gasteiger partial charge in [-0.3, -0.25) is 4.90 Å². The summed E-state index contributed by atoms with van der Waals surface area (Å²) in [6, 6.07) is 10.0.